The number of hydrogen-bond donors (Lipinski definition) is 1. The van der Waals surface area contributed by atoms with Gasteiger partial charge in [-0.25, -0.2) is 13.9 Å². The molecule has 1 fully saturated rings. The zero-order valence-corrected chi connectivity index (χ0v) is 12.6. The van der Waals surface area contributed by atoms with Gasteiger partial charge in [-0.15, -0.1) is 0 Å². The second-order valence-corrected chi connectivity index (χ2v) is 5.58. The Morgan fingerprint density at radius 3 is 2.65 bits per heavy atom. The first kappa shape index (κ1) is 15.2. The van der Waals surface area contributed by atoms with Gasteiger partial charge in [0.25, 0.3) is 5.91 Å². The number of aryl methyl sites for hydroxylation is 1. The Labute approximate surface area is 132 Å². The minimum Gasteiger partial charge on any atom is -0.480 e. The molecule has 0 spiro atoms. The molecule has 3 rings (SSSR count). The van der Waals surface area contributed by atoms with E-state index in [-0.39, 0.29) is 17.4 Å². The molecule has 0 aliphatic carbocycles. The average molecular weight is 317 g/mol. The van der Waals surface area contributed by atoms with Crippen molar-refractivity contribution in [2.45, 2.75) is 25.8 Å². The van der Waals surface area contributed by atoms with Crippen molar-refractivity contribution < 1.29 is 19.1 Å². The molecule has 1 unspecified atom stereocenters. The van der Waals surface area contributed by atoms with E-state index in [2.05, 4.69) is 5.10 Å². The lowest BCUT2D eigenvalue weighted by atomic mass is 10.2. The highest BCUT2D eigenvalue weighted by atomic mass is 19.1. The fourth-order valence-corrected chi connectivity index (χ4v) is 2.80. The summed E-state index contributed by atoms with van der Waals surface area (Å²) in [5.74, 6) is -1.73. The number of carboxylic acid groups (broad SMARTS) is 1. The summed E-state index contributed by atoms with van der Waals surface area (Å²) in [6, 6.07) is 4.96. The summed E-state index contributed by atoms with van der Waals surface area (Å²) in [6.45, 7) is 2.16. The quantitative estimate of drug-likeness (QED) is 0.939. The lowest BCUT2D eigenvalue weighted by molar-refractivity contribution is -0.141. The number of carbonyl (C=O) groups excluding carboxylic acids is 1. The van der Waals surface area contributed by atoms with E-state index in [0.717, 1.165) is 0 Å². The van der Waals surface area contributed by atoms with Crippen LogP contribution in [0.4, 0.5) is 4.39 Å². The highest BCUT2D eigenvalue weighted by molar-refractivity contribution is 5.96. The molecule has 1 aromatic heterocycles. The first-order valence-corrected chi connectivity index (χ1v) is 7.33. The average Bonchev–Trinajstić information content (AvgIpc) is 3.14. The van der Waals surface area contributed by atoms with Gasteiger partial charge in [-0.05, 0) is 44.0 Å². The topological polar surface area (TPSA) is 75.4 Å². The summed E-state index contributed by atoms with van der Waals surface area (Å²) in [7, 11) is 0. The van der Waals surface area contributed by atoms with Crippen LogP contribution in [0.1, 0.15) is 28.9 Å². The van der Waals surface area contributed by atoms with Crippen LogP contribution in [0.25, 0.3) is 5.69 Å². The van der Waals surface area contributed by atoms with E-state index in [1.165, 1.54) is 21.7 Å². The van der Waals surface area contributed by atoms with Crippen LogP contribution in [-0.4, -0.2) is 44.3 Å². The second kappa shape index (κ2) is 5.83. The lowest BCUT2D eigenvalue weighted by Gasteiger charge is -2.20. The third-order valence-electron chi connectivity index (χ3n) is 3.99. The molecule has 2 aromatic rings. The van der Waals surface area contributed by atoms with Gasteiger partial charge in [0.2, 0.25) is 0 Å². The molecule has 23 heavy (non-hydrogen) atoms. The van der Waals surface area contributed by atoms with Crippen LogP contribution >= 0.6 is 0 Å². The normalized spacial score (nSPS) is 17.5. The standard InChI is InChI=1S/C16H16FN3O3/c1-10-9-20(12-6-4-11(17)5-7-12)18-14(10)15(21)19-8-2-3-13(19)16(22)23/h4-7,9,13H,2-3,8H2,1H3,(H,22,23). The number of hydrogen-bond acceptors (Lipinski definition) is 3. The van der Waals surface area contributed by atoms with Gasteiger partial charge >= 0.3 is 5.97 Å². The van der Waals surface area contributed by atoms with Crippen LogP contribution in [0.15, 0.2) is 30.5 Å². The maximum atomic E-state index is 13.0. The number of halogens is 1. The molecule has 0 bridgehead atoms. The Kier molecular flexibility index (Phi) is 3.85. The van der Waals surface area contributed by atoms with Crippen molar-refractivity contribution in [3.8, 4) is 5.69 Å². The summed E-state index contributed by atoms with van der Waals surface area (Å²) in [5, 5.41) is 13.5. The van der Waals surface area contributed by atoms with E-state index in [9.17, 15) is 19.1 Å². The van der Waals surface area contributed by atoms with Crippen LogP contribution < -0.4 is 0 Å². The third-order valence-corrected chi connectivity index (χ3v) is 3.99. The van der Waals surface area contributed by atoms with E-state index in [1.807, 2.05) is 0 Å². The van der Waals surface area contributed by atoms with E-state index < -0.39 is 12.0 Å². The molecule has 1 N–H and O–H groups in total. The van der Waals surface area contributed by atoms with Gasteiger partial charge < -0.3 is 10.0 Å². The predicted molar refractivity (Wildman–Crippen MR) is 80.0 cm³/mol. The summed E-state index contributed by atoms with van der Waals surface area (Å²) in [5.41, 5.74) is 1.50. The van der Waals surface area contributed by atoms with Crippen molar-refractivity contribution in [3.05, 3.63) is 47.5 Å². The number of carboxylic acids is 1. The third kappa shape index (κ3) is 2.81. The lowest BCUT2D eigenvalue weighted by Crippen LogP contribution is -2.40. The van der Waals surface area contributed by atoms with Crippen molar-refractivity contribution >= 4 is 11.9 Å². The molecule has 1 aromatic carbocycles. The molecular formula is C16H16FN3O3. The van der Waals surface area contributed by atoms with E-state index in [1.54, 1.807) is 25.3 Å². The monoisotopic (exact) mass is 317 g/mol. The molecule has 1 saturated heterocycles. The van der Waals surface area contributed by atoms with Crippen molar-refractivity contribution in [2.24, 2.45) is 0 Å². The SMILES string of the molecule is Cc1cn(-c2ccc(F)cc2)nc1C(=O)N1CCCC1C(=O)O. The Balaban J connectivity index is 1.90. The van der Waals surface area contributed by atoms with Crippen LogP contribution in [0.5, 0.6) is 0 Å². The van der Waals surface area contributed by atoms with Crippen molar-refractivity contribution in [2.75, 3.05) is 6.54 Å². The van der Waals surface area contributed by atoms with Crippen molar-refractivity contribution in [3.63, 3.8) is 0 Å². The Hall–Kier alpha value is -2.70. The van der Waals surface area contributed by atoms with E-state index in [0.29, 0.717) is 30.6 Å². The fourth-order valence-electron chi connectivity index (χ4n) is 2.80. The van der Waals surface area contributed by atoms with Gasteiger partial charge in [0.05, 0.1) is 5.69 Å². The number of aliphatic carboxylic acids is 1. The summed E-state index contributed by atoms with van der Waals surface area (Å²) >= 11 is 0. The largest absolute Gasteiger partial charge is 0.480 e. The molecule has 1 aliphatic heterocycles. The number of nitrogens with zero attached hydrogens (tertiary/aromatic N) is 3. The van der Waals surface area contributed by atoms with E-state index in [4.69, 9.17) is 0 Å². The summed E-state index contributed by atoms with van der Waals surface area (Å²) in [6.07, 6.45) is 2.80. The van der Waals surface area contributed by atoms with Gasteiger partial charge in [0.1, 0.15) is 11.9 Å². The van der Waals surface area contributed by atoms with Crippen molar-refractivity contribution in [1.82, 2.24) is 14.7 Å². The maximum absolute atomic E-state index is 13.0. The molecular weight excluding hydrogens is 301 g/mol. The fraction of sp³-hybridized carbons (Fsp3) is 0.312. The predicted octanol–water partition coefficient (Wildman–Crippen LogP) is 2.01. The molecule has 2 heterocycles. The number of likely N-dealkylation sites (tertiary alicyclic amines) is 1. The highest BCUT2D eigenvalue weighted by Crippen LogP contribution is 2.22. The van der Waals surface area contributed by atoms with Crippen LogP contribution in [0.2, 0.25) is 0 Å². The number of aromatic nitrogens is 2. The second-order valence-electron chi connectivity index (χ2n) is 5.58. The maximum Gasteiger partial charge on any atom is 0.326 e. The molecule has 1 amide bonds. The summed E-state index contributed by atoms with van der Waals surface area (Å²) in [4.78, 5) is 25.2. The molecule has 7 heteroatoms. The van der Waals surface area contributed by atoms with Gasteiger partial charge in [-0.1, -0.05) is 0 Å². The molecule has 0 radical (unpaired) electrons. The smallest absolute Gasteiger partial charge is 0.326 e. The zero-order valence-electron chi connectivity index (χ0n) is 12.6. The molecule has 1 atom stereocenters. The Morgan fingerprint density at radius 2 is 2.00 bits per heavy atom. The zero-order chi connectivity index (χ0) is 16.6. The van der Waals surface area contributed by atoms with Crippen molar-refractivity contribution in [1.29, 1.82) is 0 Å². The van der Waals surface area contributed by atoms with Gasteiger partial charge in [-0.3, -0.25) is 4.79 Å². The summed E-state index contributed by atoms with van der Waals surface area (Å²) < 4.78 is 14.5. The molecule has 0 saturated carbocycles. The van der Waals surface area contributed by atoms with Crippen LogP contribution in [0, 0.1) is 12.7 Å². The first-order chi connectivity index (χ1) is 11.0. The number of benzene rings is 1. The van der Waals surface area contributed by atoms with Gasteiger partial charge in [0.15, 0.2) is 5.69 Å². The molecule has 120 valence electrons. The molecule has 1 aliphatic rings. The van der Waals surface area contributed by atoms with Gasteiger partial charge in [0, 0.05) is 18.3 Å². The number of amides is 1. The Morgan fingerprint density at radius 1 is 1.30 bits per heavy atom. The van der Waals surface area contributed by atoms with Crippen LogP contribution in [0.3, 0.4) is 0 Å². The Bertz CT molecular complexity index is 754. The molecule has 6 nitrogen and oxygen atoms in total. The first-order valence-electron chi connectivity index (χ1n) is 7.33. The van der Waals surface area contributed by atoms with Crippen LogP contribution in [-0.2, 0) is 4.79 Å². The minimum atomic E-state index is -0.994. The number of carbonyl (C=O) groups is 2. The number of rotatable bonds is 3. The highest BCUT2D eigenvalue weighted by Gasteiger charge is 2.35. The van der Waals surface area contributed by atoms with Gasteiger partial charge in [-0.2, -0.15) is 5.10 Å². The van der Waals surface area contributed by atoms with E-state index >= 15 is 0 Å². The minimum absolute atomic E-state index is 0.225.